The van der Waals surface area contributed by atoms with Gasteiger partial charge in [-0.1, -0.05) is 35.6 Å². The van der Waals surface area contributed by atoms with Crippen molar-refractivity contribution in [1.82, 2.24) is 4.98 Å². The van der Waals surface area contributed by atoms with Crippen LogP contribution in [0, 0.1) is 5.92 Å². The number of carbonyl (C=O) groups is 2. The van der Waals surface area contributed by atoms with Gasteiger partial charge in [-0.3, -0.25) is 9.59 Å². The van der Waals surface area contributed by atoms with E-state index >= 15 is 0 Å². The highest BCUT2D eigenvalue weighted by Crippen LogP contribution is 2.29. The van der Waals surface area contributed by atoms with Crippen LogP contribution in [-0.2, 0) is 4.79 Å². The highest BCUT2D eigenvalue weighted by atomic mass is 32.1. The maximum Gasteiger partial charge on any atom is 0.240 e. The van der Waals surface area contributed by atoms with E-state index in [1.807, 2.05) is 24.3 Å². The van der Waals surface area contributed by atoms with Gasteiger partial charge in [0.25, 0.3) is 0 Å². The summed E-state index contributed by atoms with van der Waals surface area (Å²) in [5.41, 5.74) is 1.27. The molecule has 23 heavy (non-hydrogen) atoms. The molecule has 0 saturated heterocycles. The summed E-state index contributed by atoms with van der Waals surface area (Å²) in [5, 5.41) is 3.22. The third-order valence-corrected chi connectivity index (χ3v) is 4.67. The minimum absolute atomic E-state index is 0.0482. The lowest BCUT2D eigenvalue weighted by atomic mass is 9.94. The van der Waals surface area contributed by atoms with Crippen LogP contribution in [0.15, 0.2) is 48.5 Å². The number of amides is 1. The third kappa shape index (κ3) is 2.47. The van der Waals surface area contributed by atoms with Gasteiger partial charge in [0.05, 0.1) is 15.8 Å². The molecule has 4 rings (SSSR count). The van der Waals surface area contributed by atoms with Gasteiger partial charge in [0.1, 0.15) is 18.3 Å². The van der Waals surface area contributed by atoms with Crippen LogP contribution in [0.25, 0.3) is 10.2 Å². The van der Waals surface area contributed by atoms with Crippen molar-refractivity contribution >= 4 is 38.4 Å². The zero-order chi connectivity index (χ0) is 15.8. The summed E-state index contributed by atoms with van der Waals surface area (Å²) >= 11 is 1.38. The molecule has 3 aromatic rings. The predicted molar refractivity (Wildman–Crippen MR) is 88.0 cm³/mol. The average molecular weight is 324 g/mol. The third-order valence-electron chi connectivity index (χ3n) is 3.72. The van der Waals surface area contributed by atoms with Crippen molar-refractivity contribution < 1.29 is 14.3 Å². The Bertz CT molecular complexity index is 886. The van der Waals surface area contributed by atoms with Gasteiger partial charge >= 0.3 is 0 Å². The molecule has 1 aliphatic heterocycles. The number of hydrogen-bond acceptors (Lipinski definition) is 5. The Morgan fingerprint density at radius 3 is 2.83 bits per heavy atom. The van der Waals surface area contributed by atoms with Crippen LogP contribution in [0.2, 0.25) is 0 Å². The molecule has 0 radical (unpaired) electrons. The number of para-hydroxylation sites is 2. The topological polar surface area (TPSA) is 68.3 Å². The first kappa shape index (κ1) is 13.9. The Morgan fingerprint density at radius 2 is 1.96 bits per heavy atom. The van der Waals surface area contributed by atoms with Crippen molar-refractivity contribution in [3.8, 4) is 5.75 Å². The molecule has 0 spiro atoms. The van der Waals surface area contributed by atoms with Gasteiger partial charge in [-0.05, 0) is 24.3 Å². The van der Waals surface area contributed by atoms with E-state index in [-0.39, 0.29) is 18.3 Å². The SMILES string of the molecule is O=C(Nc1nc2ccccc2s1)C1COc2ccccc2C1=O. The molecule has 1 aliphatic rings. The van der Waals surface area contributed by atoms with Crippen LogP contribution < -0.4 is 10.1 Å². The summed E-state index contributed by atoms with van der Waals surface area (Å²) < 4.78 is 6.51. The van der Waals surface area contributed by atoms with Gasteiger partial charge in [0, 0.05) is 0 Å². The number of thiazole rings is 1. The largest absolute Gasteiger partial charge is 0.492 e. The molecule has 6 heteroatoms. The minimum Gasteiger partial charge on any atom is -0.492 e. The highest BCUT2D eigenvalue weighted by Gasteiger charge is 2.34. The molecule has 1 unspecified atom stereocenters. The van der Waals surface area contributed by atoms with Gasteiger partial charge in [-0.15, -0.1) is 0 Å². The zero-order valence-corrected chi connectivity index (χ0v) is 12.8. The lowest BCUT2D eigenvalue weighted by Crippen LogP contribution is -2.37. The minimum atomic E-state index is -0.850. The first-order chi connectivity index (χ1) is 11.2. The molecular formula is C17H12N2O3S. The lowest BCUT2D eigenvalue weighted by Gasteiger charge is -2.22. The number of rotatable bonds is 2. The molecule has 5 nitrogen and oxygen atoms in total. The van der Waals surface area contributed by atoms with Gasteiger partial charge in [0.2, 0.25) is 5.91 Å². The van der Waals surface area contributed by atoms with Crippen molar-refractivity contribution in [3.05, 3.63) is 54.1 Å². The molecular weight excluding hydrogens is 312 g/mol. The standard InChI is InChI=1S/C17H12N2O3S/c20-15-10-5-1-3-7-13(10)22-9-11(15)16(21)19-17-18-12-6-2-4-8-14(12)23-17/h1-8,11H,9H2,(H,18,19,21). The molecule has 2 heterocycles. The Balaban J connectivity index is 1.57. The van der Waals surface area contributed by atoms with Crippen molar-refractivity contribution in [2.24, 2.45) is 5.92 Å². The molecule has 1 amide bonds. The monoisotopic (exact) mass is 324 g/mol. The van der Waals surface area contributed by atoms with Crippen LogP contribution in [0.5, 0.6) is 5.75 Å². The van der Waals surface area contributed by atoms with Crippen LogP contribution in [-0.4, -0.2) is 23.3 Å². The molecule has 1 aromatic heterocycles. The van der Waals surface area contributed by atoms with Crippen LogP contribution in [0.1, 0.15) is 10.4 Å². The fourth-order valence-corrected chi connectivity index (χ4v) is 3.41. The molecule has 0 bridgehead atoms. The first-order valence-corrected chi connectivity index (χ1v) is 7.96. The van der Waals surface area contributed by atoms with Crippen LogP contribution in [0.4, 0.5) is 5.13 Å². The highest BCUT2D eigenvalue weighted by molar-refractivity contribution is 7.22. The molecule has 0 fully saturated rings. The van der Waals surface area contributed by atoms with Crippen molar-refractivity contribution in [3.63, 3.8) is 0 Å². The van der Waals surface area contributed by atoms with Gasteiger partial charge in [-0.2, -0.15) is 0 Å². The van der Waals surface area contributed by atoms with Gasteiger partial charge < -0.3 is 10.1 Å². The fraction of sp³-hybridized carbons (Fsp3) is 0.118. The second kappa shape index (κ2) is 5.48. The summed E-state index contributed by atoms with van der Waals surface area (Å²) in [5.74, 6) is -0.924. The Hall–Kier alpha value is -2.73. The normalized spacial score (nSPS) is 16.7. The molecule has 114 valence electrons. The second-order valence-electron chi connectivity index (χ2n) is 5.20. The maximum atomic E-state index is 12.5. The smallest absolute Gasteiger partial charge is 0.240 e. The number of Topliss-reactive ketones (excluding diaryl/α,β-unsaturated/α-hetero) is 1. The first-order valence-electron chi connectivity index (χ1n) is 7.15. The summed E-state index contributed by atoms with van der Waals surface area (Å²) in [6.07, 6.45) is 0. The quantitative estimate of drug-likeness (QED) is 0.735. The van der Waals surface area contributed by atoms with Gasteiger partial charge in [0.15, 0.2) is 10.9 Å². The molecule has 0 aliphatic carbocycles. The van der Waals surface area contributed by atoms with E-state index in [0.717, 1.165) is 10.2 Å². The zero-order valence-electron chi connectivity index (χ0n) is 12.0. The number of ether oxygens (including phenoxy) is 1. The molecule has 0 saturated carbocycles. The summed E-state index contributed by atoms with van der Waals surface area (Å²) in [7, 11) is 0. The Morgan fingerprint density at radius 1 is 1.17 bits per heavy atom. The number of carbonyl (C=O) groups excluding carboxylic acids is 2. The van der Waals surface area contributed by atoms with Crippen molar-refractivity contribution in [2.45, 2.75) is 0 Å². The van der Waals surface area contributed by atoms with E-state index < -0.39 is 5.92 Å². The number of ketones is 1. The van der Waals surface area contributed by atoms with Gasteiger partial charge in [-0.25, -0.2) is 4.98 Å². The lowest BCUT2D eigenvalue weighted by molar-refractivity contribution is -0.119. The average Bonchev–Trinajstić information content (AvgIpc) is 2.97. The van der Waals surface area contributed by atoms with Crippen molar-refractivity contribution in [2.75, 3.05) is 11.9 Å². The number of nitrogens with one attached hydrogen (secondary N) is 1. The Kier molecular flexibility index (Phi) is 3.31. The van der Waals surface area contributed by atoms with E-state index in [1.54, 1.807) is 24.3 Å². The summed E-state index contributed by atoms with van der Waals surface area (Å²) in [4.78, 5) is 29.2. The van der Waals surface area contributed by atoms with Crippen LogP contribution >= 0.6 is 11.3 Å². The number of hydrogen-bond donors (Lipinski definition) is 1. The number of anilines is 1. The number of fused-ring (bicyclic) bond motifs is 2. The van der Waals surface area contributed by atoms with E-state index in [1.165, 1.54) is 11.3 Å². The van der Waals surface area contributed by atoms with E-state index in [9.17, 15) is 9.59 Å². The molecule has 1 N–H and O–H groups in total. The number of nitrogens with zero attached hydrogens (tertiary/aromatic N) is 1. The summed E-state index contributed by atoms with van der Waals surface area (Å²) in [6.45, 7) is 0.0482. The maximum absolute atomic E-state index is 12.5. The molecule has 1 atom stereocenters. The predicted octanol–water partition coefficient (Wildman–Crippen LogP) is 3.13. The van der Waals surface area contributed by atoms with Crippen LogP contribution in [0.3, 0.4) is 0 Å². The Labute approximate surface area is 135 Å². The molecule has 2 aromatic carbocycles. The van der Waals surface area contributed by atoms with E-state index in [4.69, 9.17) is 4.74 Å². The number of benzene rings is 2. The summed E-state index contributed by atoms with van der Waals surface area (Å²) in [6, 6.07) is 14.6. The van der Waals surface area contributed by atoms with Crippen molar-refractivity contribution in [1.29, 1.82) is 0 Å². The number of aromatic nitrogens is 1. The second-order valence-corrected chi connectivity index (χ2v) is 6.23. The van der Waals surface area contributed by atoms with E-state index in [2.05, 4.69) is 10.3 Å². The van der Waals surface area contributed by atoms with E-state index in [0.29, 0.717) is 16.4 Å². The fourth-order valence-electron chi connectivity index (χ4n) is 2.55.